The zero-order valence-electron chi connectivity index (χ0n) is 26.8. The Morgan fingerprint density at radius 1 is 0.840 bits per heavy atom. The second-order valence-electron chi connectivity index (χ2n) is 14.0. The average Bonchev–Trinajstić information content (AvgIpc) is 3.45. The summed E-state index contributed by atoms with van der Waals surface area (Å²) in [5, 5.41) is 10.0. The van der Waals surface area contributed by atoms with Crippen LogP contribution in [0.3, 0.4) is 0 Å². The van der Waals surface area contributed by atoms with Crippen molar-refractivity contribution >= 4 is 52.5 Å². The first-order valence-electron chi connectivity index (χ1n) is 16.8. The highest BCUT2D eigenvalue weighted by Gasteiger charge is 2.76. The number of halogens is 4. The molecule has 0 aromatic heterocycles. The lowest BCUT2D eigenvalue weighted by molar-refractivity contribution is -0.144. The second kappa shape index (κ2) is 12.0. The number of alkyl halides is 2. The monoisotopic (exact) mass is 719 g/mol. The Hall–Kier alpha value is -4.12. The van der Waals surface area contributed by atoms with Gasteiger partial charge < -0.3 is 5.11 Å². The van der Waals surface area contributed by atoms with Crippen molar-refractivity contribution in [2.24, 2.45) is 17.8 Å². The van der Waals surface area contributed by atoms with E-state index in [2.05, 4.69) is 17.0 Å². The minimum absolute atomic E-state index is 0.0539. The molecule has 3 aliphatic heterocycles. The molecule has 0 bridgehead atoms. The molecule has 4 amide bonds. The Kier molecular flexibility index (Phi) is 7.93. The normalized spacial score (nSPS) is 31.5. The zero-order valence-corrected chi connectivity index (χ0v) is 28.3. The molecule has 12 heteroatoms. The van der Waals surface area contributed by atoms with Gasteiger partial charge in [-0.05, 0) is 79.1 Å². The van der Waals surface area contributed by atoms with Gasteiger partial charge in [-0.25, -0.2) is 13.7 Å². The number of imide groups is 2. The van der Waals surface area contributed by atoms with Crippen LogP contribution in [-0.2, 0) is 25.7 Å². The summed E-state index contributed by atoms with van der Waals surface area (Å²) in [6.45, 7) is 2.19. The quantitative estimate of drug-likeness (QED) is 0.201. The number of piperidine rings is 1. The summed E-state index contributed by atoms with van der Waals surface area (Å²) in [5.41, 5.74) is 1.94. The van der Waals surface area contributed by atoms with Crippen molar-refractivity contribution in [2.45, 2.75) is 53.9 Å². The molecule has 8 nitrogen and oxygen atoms in total. The van der Waals surface area contributed by atoms with Crippen molar-refractivity contribution in [3.8, 4) is 5.75 Å². The molecule has 5 aliphatic rings. The number of carbonyl (C=O) groups is 4. The van der Waals surface area contributed by atoms with E-state index in [1.165, 1.54) is 28.7 Å². The van der Waals surface area contributed by atoms with Crippen molar-refractivity contribution in [3.63, 3.8) is 0 Å². The number of likely N-dealkylation sites (tertiary alicyclic amines) is 2. The molecule has 50 heavy (non-hydrogen) atoms. The standard InChI is InChI=1S/C38H33Cl2F2N3O5/c39-37-19-28-26(11-12-27-31(28)34(48)44(33(27)47)25-14-16-43(17-15-25)20-21-4-2-1-3-5-21)32(22-6-13-30(46)29(42)18-22)38(37,40)36(50)45(35(37)49)24-9-7-23(41)8-10-24/h1-11,13,18,25,27-28,31-32,46H,12,14-17,19-20H2. The highest BCUT2D eigenvalue weighted by Crippen LogP contribution is 2.66. The number of rotatable bonds is 5. The smallest absolute Gasteiger partial charge is 0.258 e. The van der Waals surface area contributed by atoms with Gasteiger partial charge in [0.1, 0.15) is 5.82 Å². The topological polar surface area (TPSA) is 98.2 Å². The minimum Gasteiger partial charge on any atom is -0.505 e. The van der Waals surface area contributed by atoms with Crippen molar-refractivity contribution < 1.29 is 33.1 Å². The molecule has 6 atom stereocenters. The Balaban J connectivity index is 1.15. The van der Waals surface area contributed by atoms with E-state index in [0.717, 1.165) is 35.7 Å². The third-order valence-electron chi connectivity index (χ3n) is 11.4. The number of benzene rings is 3. The number of fused-ring (bicyclic) bond motifs is 4. The van der Waals surface area contributed by atoms with Crippen LogP contribution in [0.2, 0.25) is 0 Å². The predicted octanol–water partition coefficient (Wildman–Crippen LogP) is 5.90. The van der Waals surface area contributed by atoms with Crippen LogP contribution in [0.5, 0.6) is 5.75 Å². The Bertz CT molecular complexity index is 1950. The molecule has 3 heterocycles. The summed E-state index contributed by atoms with van der Waals surface area (Å²) in [6.07, 6.45) is 2.99. The van der Waals surface area contributed by atoms with E-state index in [1.807, 2.05) is 18.2 Å². The SMILES string of the molecule is O=C1C2CC=C3C(CC4(Cl)C(=O)N(c5ccc(F)cc5)C(=O)C4(Cl)C3c3ccc(O)c(F)c3)C2C(=O)N1C1CCN(Cc2ccccc2)CC1. The number of anilines is 1. The van der Waals surface area contributed by atoms with Gasteiger partial charge in [0.05, 0.1) is 17.5 Å². The van der Waals surface area contributed by atoms with Crippen LogP contribution in [0, 0.1) is 29.4 Å². The average molecular weight is 721 g/mol. The highest BCUT2D eigenvalue weighted by atomic mass is 35.5. The number of aromatic hydroxyl groups is 1. The van der Waals surface area contributed by atoms with Crippen molar-refractivity contribution in [3.05, 3.63) is 107 Å². The van der Waals surface area contributed by atoms with Gasteiger partial charge in [-0.3, -0.25) is 29.0 Å². The van der Waals surface area contributed by atoms with Gasteiger partial charge >= 0.3 is 0 Å². The summed E-state index contributed by atoms with van der Waals surface area (Å²) in [5.74, 6) is -8.04. The van der Waals surface area contributed by atoms with Crippen LogP contribution >= 0.6 is 23.2 Å². The summed E-state index contributed by atoms with van der Waals surface area (Å²) in [7, 11) is 0. The van der Waals surface area contributed by atoms with E-state index < -0.39 is 62.6 Å². The first-order chi connectivity index (χ1) is 23.9. The van der Waals surface area contributed by atoms with E-state index in [0.29, 0.717) is 31.5 Å². The van der Waals surface area contributed by atoms with Crippen molar-refractivity contribution in [2.75, 3.05) is 18.0 Å². The van der Waals surface area contributed by atoms with Crippen molar-refractivity contribution in [1.82, 2.24) is 9.80 Å². The molecule has 1 saturated carbocycles. The lowest BCUT2D eigenvalue weighted by Crippen LogP contribution is -2.60. The number of allylic oxidation sites excluding steroid dienone is 2. The van der Waals surface area contributed by atoms with Crippen LogP contribution in [-0.4, -0.2) is 67.4 Å². The largest absolute Gasteiger partial charge is 0.505 e. The number of hydrogen-bond acceptors (Lipinski definition) is 6. The lowest BCUT2D eigenvalue weighted by atomic mass is 9.56. The molecular formula is C38H33Cl2F2N3O5. The van der Waals surface area contributed by atoms with Gasteiger partial charge in [-0.2, -0.15) is 0 Å². The molecular weight excluding hydrogens is 687 g/mol. The second-order valence-corrected chi connectivity index (χ2v) is 15.2. The van der Waals surface area contributed by atoms with Gasteiger partial charge in [-0.15, -0.1) is 23.2 Å². The van der Waals surface area contributed by atoms with Crippen LogP contribution < -0.4 is 4.90 Å². The van der Waals surface area contributed by atoms with Gasteiger partial charge in [0, 0.05) is 31.6 Å². The van der Waals surface area contributed by atoms with E-state index >= 15 is 0 Å². The van der Waals surface area contributed by atoms with Crippen LogP contribution in [0.1, 0.15) is 42.7 Å². The number of carbonyl (C=O) groups excluding carboxylic acids is 4. The Labute approximate surface area is 297 Å². The van der Waals surface area contributed by atoms with Crippen LogP contribution in [0.25, 0.3) is 0 Å². The third kappa shape index (κ3) is 4.78. The molecule has 3 aromatic rings. The molecule has 8 rings (SSSR count). The fourth-order valence-electron chi connectivity index (χ4n) is 9.04. The number of phenols is 1. The third-order valence-corrected chi connectivity index (χ3v) is 12.8. The molecule has 258 valence electrons. The molecule has 3 aromatic carbocycles. The first kappa shape index (κ1) is 33.0. The lowest BCUT2D eigenvalue weighted by Gasteiger charge is -2.50. The first-order valence-corrected chi connectivity index (χ1v) is 17.5. The van der Waals surface area contributed by atoms with Crippen LogP contribution in [0.4, 0.5) is 14.5 Å². The molecule has 1 N–H and O–H groups in total. The summed E-state index contributed by atoms with van der Waals surface area (Å²) in [6, 6.07) is 18.1. The molecule has 0 radical (unpaired) electrons. The maximum absolute atomic E-state index is 15.0. The van der Waals surface area contributed by atoms with E-state index in [-0.39, 0.29) is 41.9 Å². The van der Waals surface area contributed by atoms with Gasteiger partial charge in [0.15, 0.2) is 21.3 Å². The summed E-state index contributed by atoms with van der Waals surface area (Å²) < 4.78 is 28.8. The van der Waals surface area contributed by atoms with E-state index in [4.69, 9.17) is 23.2 Å². The maximum Gasteiger partial charge on any atom is 0.258 e. The van der Waals surface area contributed by atoms with Gasteiger partial charge in [0.25, 0.3) is 11.8 Å². The number of hydrogen-bond donors (Lipinski definition) is 1. The fourth-order valence-corrected chi connectivity index (χ4v) is 9.97. The molecule has 6 unspecified atom stereocenters. The van der Waals surface area contributed by atoms with E-state index in [9.17, 15) is 33.1 Å². The predicted molar refractivity (Wildman–Crippen MR) is 181 cm³/mol. The van der Waals surface area contributed by atoms with Crippen molar-refractivity contribution in [1.29, 1.82) is 0 Å². The van der Waals surface area contributed by atoms with Gasteiger partial charge in [-0.1, -0.05) is 48.0 Å². The highest BCUT2D eigenvalue weighted by molar-refractivity contribution is 6.58. The summed E-state index contributed by atoms with van der Waals surface area (Å²) >= 11 is 14.7. The number of amides is 4. The molecule has 0 spiro atoms. The molecule has 3 saturated heterocycles. The fraction of sp³-hybridized carbons (Fsp3) is 0.368. The van der Waals surface area contributed by atoms with Gasteiger partial charge in [0.2, 0.25) is 11.8 Å². The van der Waals surface area contributed by atoms with E-state index in [1.54, 1.807) is 6.08 Å². The molecule has 2 aliphatic carbocycles. The van der Waals surface area contributed by atoms with Crippen LogP contribution in [0.15, 0.2) is 84.4 Å². The zero-order chi connectivity index (χ0) is 35.1. The minimum atomic E-state index is -2.18. The Morgan fingerprint density at radius 2 is 1.54 bits per heavy atom. The molecule has 4 fully saturated rings. The number of nitrogens with zero attached hydrogens (tertiary/aromatic N) is 3. The summed E-state index contributed by atoms with van der Waals surface area (Å²) in [4.78, 5) is 57.5. The Morgan fingerprint density at radius 3 is 2.22 bits per heavy atom. The maximum atomic E-state index is 15.0. The number of phenolic OH excluding ortho intramolecular Hbond substituents is 1.